The van der Waals surface area contributed by atoms with Gasteiger partial charge in [-0.1, -0.05) is 29.5 Å². The Hall–Kier alpha value is -3.07. The Morgan fingerprint density at radius 3 is 2.46 bits per heavy atom. The van der Waals surface area contributed by atoms with Gasteiger partial charge in [0.05, 0.1) is 25.7 Å². The van der Waals surface area contributed by atoms with Gasteiger partial charge >= 0.3 is 0 Å². The molecule has 1 heterocycles. The normalized spacial score (nSPS) is 10.6. The summed E-state index contributed by atoms with van der Waals surface area (Å²) in [6.07, 6.45) is 0. The van der Waals surface area contributed by atoms with Crippen molar-refractivity contribution >= 4 is 23.4 Å². The smallest absolute Gasteiger partial charge is 0.234 e. The molecule has 0 fully saturated rings. The van der Waals surface area contributed by atoms with Gasteiger partial charge in [0.15, 0.2) is 0 Å². The van der Waals surface area contributed by atoms with Crippen LogP contribution in [0.5, 0.6) is 11.5 Å². The minimum absolute atomic E-state index is 0.130. The minimum atomic E-state index is -0.130. The predicted molar refractivity (Wildman–Crippen MR) is 108 cm³/mol. The largest absolute Gasteiger partial charge is 0.497 e. The molecule has 9 heteroatoms. The van der Waals surface area contributed by atoms with Crippen molar-refractivity contribution in [3.8, 4) is 17.2 Å². The van der Waals surface area contributed by atoms with Crippen molar-refractivity contribution in [3.05, 3.63) is 47.5 Å². The SMILES string of the molecule is COc1cc(OC)cc(-n2nnnc2SCC(=O)Nc2ccc(C)cc2C)c1. The zero-order valence-electron chi connectivity index (χ0n) is 16.1. The van der Waals surface area contributed by atoms with Crippen molar-refractivity contribution in [1.29, 1.82) is 0 Å². The number of nitrogens with one attached hydrogen (secondary N) is 1. The Kier molecular flexibility index (Phi) is 6.15. The fraction of sp³-hybridized carbons (Fsp3) is 0.263. The van der Waals surface area contributed by atoms with Gasteiger partial charge in [-0.15, -0.1) is 5.10 Å². The van der Waals surface area contributed by atoms with Crippen molar-refractivity contribution in [2.24, 2.45) is 0 Å². The maximum Gasteiger partial charge on any atom is 0.234 e. The van der Waals surface area contributed by atoms with E-state index in [1.54, 1.807) is 37.1 Å². The van der Waals surface area contributed by atoms with E-state index in [4.69, 9.17) is 9.47 Å². The molecule has 0 unspecified atom stereocenters. The van der Waals surface area contributed by atoms with Gasteiger partial charge in [0, 0.05) is 23.9 Å². The second-order valence-electron chi connectivity index (χ2n) is 6.10. The van der Waals surface area contributed by atoms with E-state index in [1.165, 1.54) is 11.8 Å². The summed E-state index contributed by atoms with van der Waals surface area (Å²) in [5.41, 5.74) is 3.65. The van der Waals surface area contributed by atoms with Crippen molar-refractivity contribution < 1.29 is 14.3 Å². The van der Waals surface area contributed by atoms with E-state index in [9.17, 15) is 4.79 Å². The maximum absolute atomic E-state index is 12.3. The molecule has 3 aromatic rings. The van der Waals surface area contributed by atoms with Crippen LogP contribution in [0.2, 0.25) is 0 Å². The fourth-order valence-electron chi connectivity index (χ4n) is 2.62. The van der Waals surface area contributed by atoms with Crippen LogP contribution in [0.3, 0.4) is 0 Å². The molecule has 0 saturated heterocycles. The van der Waals surface area contributed by atoms with Gasteiger partial charge < -0.3 is 14.8 Å². The highest BCUT2D eigenvalue weighted by Crippen LogP contribution is 2.27. The number of anilines is 1. The number of carbonyl (C=O) groups is 1. The third-order valence-electron chi connectivity index (χ3n) is 4.01. The van der Waals surface area contributed by atoms with Crippen molar-refractivity contribution in [3.63, 3.8) is 0 Å². The first-order chi connectivity index (χ1) is 13.5. The zero-order valence-corrected chi connectivity index (χ0v) is 16.9. The summed E-state index contributed by atoms with van der Waals surface area (Å²) in [6, 6.07) is 11.2. The van der Waals surface area contributed by atoms with Gasteiger partial charge in [0.2, 0.25) is 11.1 Å². The van der Waals surface area contributed by atoms with Gasteiger partial charge in [0.1, 0.15) is 11.5 Å². The molecule has 0 radical (unpaired) electrons. The topological polar surface area (TPSA) is 91.2 Å². The molecule has 28 heavy (non-hydrogen) atoms. The van der Waals surface area contributed by atoms with Gasteiger partial charge in [0.25, 0.3) is 0 Å². The summed E-state index contributed by atoms with van der Waals surface area (Å²) < 4.78 is 12.1. The van der Waals surface area contributed by atoms with Crippen LogP contribution < -0.4 is 14.8 Å². The molecule has 2 aromatic carbocycles. The van der Waals surface area contributed by atoms with Crippen LogP contribution in [0.25, 0.3) is 5.69 Å². The molecule has 0 saturated carbocycles. The van der Waals surface area contributed by atoms with E-state index in [0.717, 1.165) is 16.8 Å². The molecule has 1 amide bonds. The van der Waals surface area contributed by atoms with Crippen molar-refractivity contribution in [2.75, 3.05) is 25.3 Å². The first-order valence-electron chi connectivity index (χ1n) is 8.52. The summed E-state index contributed by atoms with van der Waals surface area (Å²) >= 11 is 1.25. The highest BCUT2D eigenvalue weighted by Gasteiger charge is 2.14. The second-order valence-corrected chi connectivity index (χ2v) is 7.04. The van der Waals surface area contributed by atoms with E-state index in [1.807, 2.05) is 32.0 Å². The van der Waals surface area contributed by atoms with Crippen LogP contribution in [-0.2, 0) is 4.79 Å². The molecule has 0 atom stereocenters. The number of amides is 1. The van der Waals surface area contributed by atoms with Crippen molar-refractivity contribution in [2.45, 2.75) is 19.0 Å². The van der Waals surface area contributed by atoms with Gasteiger partial charge in [-0.2, -0.15) is 4.68 Å². The highest BCUT2D eigenvalue weighted by molar-refractivity contribution is 7.99. The summed E-state index contributed by atoms with van der Waals surface area (Å²) in [6.45, 7) is 3.98. The summed E-state index contributed by atoms with van der Waals surface area (Å²) in [5.74, 6) is 1.28. The molecule has 1 aromatic heterocycles. The summed E-state index contributed by atoms with van der Waals surface area (Å²) in [7, 11) is 3.15. The fourth-order valence-corrected chi connectivity index (χ4v) is 3.31. The number of aromatic nitrogens is 4. The Morgan fingerprint density at radius 1 is 1.11 bits per heavy atom. The summed E-state index contributed by atoms with van der Waals surface area (Å²) in [5, 5.41) is 15.2. The maximum atomic E-state index is 12.3. The number of carbonyl (C=O) groups excluding carboxylic acids is 1. The molecular formula is C19H21N5O3S. The number of hydrogen-bond acceptors (Lipinski definition) is 7. The first-order valence-corrected chi connectivity index (χ1v) is 9.50. The van der Waals surface area contributed by atoms with Crippen LogP contribution in [0.1, 0.15) is 11.1 Å². The summed E-state index contributed by atoms with van der Waals surface area (Å²) in [4.78, 5) is 12.3. The predicted octanol–water partition coefficient (Wildman–Crippen LogP) is 3.03. The molecule has 0 aliphatic carbocycles. The lowest BCUT2D eigenvalue weighted by atomic mass is 10.1. The number of thioether (sulfide) groups is 1. The third-order valence-corrected chi connectivity index (χ3v) is 4.93. The first kappa shape index (κ1) is 19.7. The number of rotatable bonds is 7. The lowest BCUT2D eigenvalue weighted by Gasteiger charge is -2.10. The lowest BCUT2D eigenvalue weighted by molar-refractivity contribution is -0.113. The van der Waals surface area contributed by atoms with Crippen LogP contribution in [0, 0.1) is 13.8 Å². The van der Waals surface area contributed by atoms with Crippen LogP contribution in [0.4, 0.5) is 5.69 Å². The Balaban J connectivity index is 1.71. The molecule has 1 N–H and O–H groups in total. The number of benzene rings is 2. The molecule has 0 aliphatic rings. The number of methoxy groups -OCH3 is 2. The molecule has 8 nitrogen and oxygen atoms in total. The average molecular weight is 399 g/mol. The van der Waals surface area contributed by atoms with Gasteiger partial charge in [-0.3, -0.25) is 4.79 Å². The zero-order chi connectivity index (χ0) is 20.1. The van der Waals surface area contributed by atoms with Gasteiger partial charge in [-0.25, -0.2) is 0 Å². The molecule has 0 spiro atoms. The monoisotopic (exact) mass is 399 g/mol. The van der Waals surface area contributed by atoms with E-state index in [0.29, 0.717) is 22.3 Å². The number of ether oxygens (including phenoxy) is 2. The van der Waals surface area contributed by atoms with Crippen molar-refractivity contribution in [1.82, 2.24) is 20.2 Å². The number of nitrogens with zero attached hydrogens (tertiary/aromatic N) is 4. The van der Waals surface area contributed by atoms with Crippen LogP contribution >= 0.6 is 11.8 Å². The minimum Gasteiger partial charge on any atom is -0.497 e. The Morgan fingerprint density at radius 2 is 1.82 bits per heavy atom. The lowest BCUT2D eigenvalue weighted by Crippen LogP contribution is -2.15. The quantitative estimate of drug-likeness (QED) is 0.611. The van der Waals surface area contributed by atoms with Crippen LogP contribution in [0.15, 0.2) is 41.6 Å². The molecule has 3 rings (SSSR count). The third kappa shape index (κ3) is 4.61. The van der Waals surface area contributed by atoms with E-state index >= 15 is 0 Å². The highest BCUT2D eigenvalue weighted by atomic mass is 32.2. The number of tetrazole rings is 1. The Labute approximate surface area is 167 Å². The number of aryl methyl sites for hydroxylation is 2. The van der Waals surface area contributed by atoms with Crippen LogP contribution in [-0.4, -0.2) is 46.1 Å². The molecule has 0 bridgehead atoms. The average Bonchev–Trinajstić information content (AvgIpc) is 3.16. The Bertz CT molecular complexity index is 967. The van der Waals surface area contributed by atoms with E-state index in [2.05, 4.69) is 20.8 Å². The standard InChI is InChI=1S/C19H21N5O3S/c1-12-5-6-17(13(2)7-12)20-18(25)11-28-19-21-22-23-24(19)14-8-15(26-3)10-16(9-14)27-4/h5-10H,11H2,1-4H3,(H,20,25). The second kappa shape index (κ2) is 8.75. The molecule has 146 valence electrons. The molecule has 0 aliphatic heterocycles. The van der Waals surface area contributed by atoms with E-state index < -0.39 is 0 Å². The number of hydrogen-bond donors (Lipinski definition) is 1. The molecular weight excluding hydrogens is 378 g/mol. The van der Waals surface area contributed by atoms with Gasteiger partial charge in [-0.05, 0) is 35.9 Å². The van der Waals surface area contributed by atoms with E-state index in [-0.39, 0.29) is 11.7 Å².